The molecule has 2 aromatic carbocycles. The lowest BCUT2D eigenvalue weighted by Gasteiger charge is -2.22. The minimum Gasteiger partial charge on any atom is -0.471 e. The maximum atomic E-state index is 13.8. The van der Waals surface area contributed by atoms with Gasteiger partial charge in [0.05, 0.1) is 18.6 Å². The van der Waals surface area contributed by atoms with E-state index in [1.165, 1.54) is 17.0 Å². The Morgan fingerprint density at radius 1 is 1.23 bits per heavy atom. The molecule has 1 aromatic heterocycles. The van der Waals surface area contributed by atoms with Gasteiger partial charge in [0, 0.05) is 23.9 Å². The molecule has 0 aliphatic carbocycles. The number of ether oxygens (including phenoxy) is 1. The third-order valence-corrected chi connectivity index (χ3v) is 5.93. The van der Waals surface area contributed by atoms with Gasteiger partial charge in [0.15, 0.2) is 5.02 Å². The monoisotopic (exact) mass is 503 g/mol. The van der Waals surface area contributed by atoms with Crippen molar-refractivity contribution in [2.24, 2.45) is 0 Å². The van der Waals surface area contributed by atoms with Gasteiger partial charge in [-0.1, -0.05) is 23.7 Å². The molecule has 4 rings (SSSR count). The summed E-state index contributed by atoms with van der Waals surface area (Å²) in [4.78, 5) is 31.0. The molecule has 0 unspecified atom stereocenters. The summed E-state index contributed by atoms with van der Waals surface area (Å²) in [6.45, 7) is 3.65. The smallest absolute Gasteiger partial charge is 0.276 e. The van der Waals surface area contributed by atoms with Crippen LogP contribution in [0.1, 0.15) is 37.0 Å². The zero-order chi connectivity index (χ0) is 25.3. The Morgan fingerprint density at radius 2 is 2.00 bits per heavy atom. The van der Waals surface area contributed by atoms with Crippen molar-refractivity contribution in [2.45, 2.75) is 45.4 Å². The van der Waals surface area contributed by atoms with Gasteiger partial charge in [0.2, 0.25) is 11.8 Å². The molecule has 1 aliphatic rings. The highest BCUT2D eigenvalue weighted by atomic mass is 35.5. The lowest BCUT2D eigenvalue weighted by molar-refractivity contribution is -0.122. The number of benzene rings is 2. The number of hydrogen-bond acceptors (Lipinski definition) is 5. The molecule has 0 saturated heterocycles. The standard InChI is InChI=1S/C25H24ClF2N3O4/c1-25(2,34)11-21(32)31-8-7-16-9-15(3-6-20(16)31)12-30-14-29-23(22(26)24(30)33)35-13-17-4-5-18(27)10-19(17)28/h3-6,9-10,14,34H,7-8,11-13H2,1-2H3. The van der Waals surface area contributed by atoms with Gasteiger partial charge in [0.25, 0.3) is 5.56 Å². The van der Waals surface area contributed by atoms with Crippen LogP contribution in [0.25, 0.3) is 0 Å². The summed E-state index contributed by atoms with van der Waals surface area (Å²) in [5.41, 5.74) is 1.07. The van der Waals surface area contributed by atoms with E-state index in [-0.39, 0.29) is 41.9 Å². The van der Waals surface area contributed by atoms with Crippen LogP contribution in [0.5, 0.6) is 5.88 Å². The molecule has 35 heavy (non-hydrogen) atoms. The molecule has 184 valence electrons. The Hall–Kier alpha value is -3.30. The first-order valence-electron chi connectivity index (χ1n) is 11.0. The number of amides is 1. The first-order chi connectivity index (χ1) is 16.5. The predicted molar refractivity (Wildman–Crippen MR) is 127 cm³/mol. The number of halogens is 3. The summed E-state index contributed by atoms with van der Waals surface area (Å²) in [5.74, 6) is -1.77. The molecule has 10 heteroatoms. The van der Waals surface area contributed by atoms with Gasteiger partial charge in [-0.15, -0.1) is 0 Å². The van der Waals surface area contributed by atoms with E-state index in [0.29, 0.717) is 13.0 Å². The van der Waals surface area contributed by atoms with Gasteiger partial charge in [-0.05, 0) is 49.6 Å². The molecular formula is C25H24ClF2N3O4. The average molecular weight is 504 g/mol. The highest BCUT2D eigenvalue weighted by Gasteiger charge is 2.28. The summed E-state index contributed by atoms with van der Waals surface area (Å²) in [7, 11) is 0. The van der Waals surface area contributed by atoms with Crippen molar-refractivity contribution in [3.8, 4) is 5.88 Å². The molecule has 0 fully saturated rings. The lowest BCUT2D eigenvalue weighted by Crippen LogP contribution is -2.35. The van der Waals surface area contributed by atoms with E-state index in [1.807, 2.05) is 18.2 Å². The minimum absolute atomic E-state index is 0.0238. The summed E-state index contributed by atoms with van der Waals surface area (Å²) < 4.78 is 33.6. The number of carbonyl (C=O) groups excluding carboxylic acids is 1. The van der Waals surface area contributed by atoms with Crippen molar-refractivity contribution in [3.63, 3.8) is 0 Å². The average Bonchev–Trinajstić information content (AvgIpc) is 3.20. The van der Waals surface area contributed by atoms with E-state index < -0.39 is 22.8 Å². The molecule has 3 aromatic rings. The molecular weight excluding hydrogens is 480 g/mol. The van der Waals surface area contributed by atoms with Crippen LogP contribution in [0.15, 0.2) is 47.5 Å². The van der Waals surface area contributed by atoms with E-state index in [9.17, 15) is 23.5 Å². The van der Waals surface area contributed by atoms with Gasteiger partial charge in [-0.3, -0.25) is 14.2 Å². The van der Waals surface area contributed by atoms with Crippen LogP contribution in [0.4, 0.5) is 14.5 Å². The largest absolute Gasteiger partial charge is 0.471 e. The molecule has 0 radical (unpaired) electrons. The van der Waals surface area contributed by atoms with Crippen LogP contribution in [0.2, 0.25) is 5.02 Å². The Bertz CT molecular complexity index is 1340. The van der Waals surface area contributed by atoms with Gasteiger partial charge < -0.3 is 14.7 Å². The number of fused-ring (bicyclic) bond motifs is 1. The fourth-order valence-corrected chi connectivity index (χ4v) is 4.13. The molecule has 1 aliphatic heterocycles. The molecule has 0 saturated carbocycles. The quantitative estimate of drug-likeness (QED) is 0.529. The van der Waals surface area contributed by atoms with Crippen LogP contribution >= 0.6 is 11.6 Å². The summed E-state index contributed by atoms with van der Waals surface area (Å²) in [5, 5.41) is 9.70. The fourth-order valence-electron chi connectivity index (χ4n) is 3.92. The Morgan fingerprint density at radius 3 is 2.71 bits per heavy atom. The zero-order valence-electron chi connectivity index (χ0n) is 19.2. The number of nitrogens with zero attached hydrogens (tertiary/aromatic N) is 3. The van der Waals surface area contributed by atoms with Crippen molar-refractivity contribution in [3.05, 3.63) is 86.4 Å². The second-order valence-corrected chi connectivity index (χ2v) is 9.45. The van der Waals surface area contributed by atoms with Crippen LogP contribution in [-0.4, -0.2) is 32.7 Å². The van der Waals surface area contributed by atoms with Crippen molar-refractivity contribution in [1.82, 2.24) is 9.55 Å². The highest BCUT2D eigenvalue weighted by Crippen LogP contribution is 2.30. The maximum absolute atomic E-state index is 13.8. The van der Waals surface area contributed by atoms with Gasteiger partial charge >= 0.3 is 0 Å². The van der Waals surface area contributed by atoms with Gasteiger partial charge in [0.1, 0.15) is 24.6 Å². The summed E-state index contributed by atoms with van der Waals surface area (Å²) in [6, 6.07) is 8.66. The lowest BCUT2D eigenvalue weighted by atomic mass is 10.0. The van der Waals surface area contributed by atoms with E-state index >= 15 is 0 Å². The number of anilines is 1. The topological polar surface area (TPSA) is 84.7 Å². The second kappa shape index (κ2) is 9.75. The maximum Gasteiger partial charge on any atom is 0.276 e. The third-order valence-electron chi connectivity index (χ3n) is 5.61. The fraction of sp³-hybridized carbons (Fsp3) is 0.320. The van der Waals surface area contributed by atoms with E-state index in [2.05, 4.69) is 4.98 Å². The molecule has 1 amide bonds. The van der Waals surface area contributed by atoms with Crippen molar-refractivity contribution in [1.29, 1.82) is 0 Å². The zero-order valence-corrected chi connectivity index (χ0v) is 20.0. The number of aromatic nitrogens is 2. The van der Waals surface area contributed by atoms with Gasteiger partial charge in [-0.25, -0.2) is 13.8 Å². The first-order valence-corrected chi connectivity index (χ1v) is 11.4. The summed E-state index contributed by atoms with van der Waals surface area (Å²) >= 11 is 6.16. The first kappa shape index (κ1) is 24.8. The van der Waals surface area contributed by atoms with E-state index in [4.69, 9.17) is 16.3 Å². The molecule has 2 heterocycles. The SMILES string of the molecule is CC(C)(O)CC(=O)N1CCc2cc(Cn3cnc(OCc4ccc(F)cc4F)c(Cl)c3=O)ccc21. The number of aliphatic hydroxyl groups is 1. The Balaban J connectivity index is 1.47. The number of carbonyl (C=O) groups is 1. The predicted octanol–water partition coefficient (Wildman–Crippen LogP) is 3.85. The van der Waals surface area contributed by atoms with Crippen LogP contribution < -0.4 is 15.2 Å². The van der Waals surface area contributed by atoms with Crippen molar-refractivity contribution >= 4 is 23.2 Å². The third kappa shape index (κ3) is 5.68. The Labute approximate surface area is 205 Å². The van der Waals surface area contributed by atoms with E-state index in [0.717, 1.165) is 28.9 Å². The van der Waals surface area contributed by atoms with Crippen molar-refractivity contribution < 1.29 is 23.4 Å². The molecule has 0 atom stereocenters. The minimum atomic E-state index is -1.09. The molecule has 0 bridgehead atoms. The molecule has 0 spiro atoms. The number of rotatable bonds is 7. The normalized spacial score (nSPS) is 13.1. The van der Waals surface area contributed by atoms with Crippen LogP contribution in [-0.2, 0) is 24.4 Å². The highest BCUT2D eigenvalue weighted by molar-refractivity contribution is 6.31. The van der Waals surface area contributed by atoms with Crippen LogP contribution in [0, 0.1) is 11.6 Å². The van der Waals surface area contributed by atoms with E-state index in [1.54, 1.807) is 18.7 Å². The van der Waals surface area contributed by atoms with Crippen LogP contribution in [0.3, 0.4) is 0 Å². The molecule has 7 nitrogen and oxygen atoms in total. The summed E-state index contributed by atoms with van der Waals surface area (Å²) in [6.07, 6.45) is 1.98. The number of hydrogen-bond donors (Lipinski definition) is 1. The molecule has 1 N–H and O–H groups in total. The second-order valence-electron chi connectivity index (χ2n) is 9.07. The van der Waals surface area contributed by atoms with Gasteiger partial charge in [-0.2, -0.15) is 0 Å². The Kier molecular flexibility index (Phi) is 6.91. The van der Waals surface area contributed by atoms with Crippen molar-refractivity contribution in [2.75, 3.05) is 11.4 Å².